The Labute approximate surface area is 125 Å². The number of hydrogen-bond donors (Lipinski definition) is 1. The lowest BCUT2D eigenvalue weighted by Crippen LogP contribution is -2.24. The lowest BCUT2D eigenvalue weighted by molar-refractivity contribution is -0.120. The highest BCUT2D eigenvalue weighted by molar-refractivity contribution is 5.75. The molecule has 1 aliphatic carbocycles. The van der Waals surface area contributed by atoms with Crippen molar-refractivity contribution >= 4 is 5.91 Å². The summed E-state index contributed by atoms with van der Waals surface area (Å²) in [5.41, 5.74) is 1.30. The second kappa shape index (κ2) is 16.0. The maximum Gasteiger partial charge on any atom is 0.219 e. The molecule has 0 aliphatic heterocycles. The Kier molecular flexibility index (Phi) is 16.9. The fourth-order valence-corrected chi connectivity index (χ4v) is 1.49. The van der Waals surface area contributed by atoms with Gasteiger partial charge in [0.2, 0.25) is 5.91 Å². The molecule has 0 fully saturated rings. The molecule has 0 saturated carbocycles. The predicted molar refractivity (Wildman–Crippen MR) is 87.9 cm³/mol. The lowest BCUT2D eigenvalue weighted by atomic mass is 10.1. The first kappa shape index (κ1) is 21.2. The molecular formula is C17H33NO2. The van der Waals surface area contributed by atoms with Gasteiger partial charge in [-0.1, -0.05) is 58.4 Å². The molecule has 0 aromatic heterocycles. The summed E-state index contributed by atoms with van der Waals surface area (Å²) in [5.74, 6) is 0.108. The van der Waals surface area contributed by atoms with Crippen LogP contribution in [0.5, 0.6) is 0 Å². The summed E-state index contributed by atoms with van der Waals surface area (Å²) >= 11 is 0. The average Bonchev–Trinajstić information content (AvgIpc) is 2.52. The van der Waals surface area contributed by atoms with Crippen LogP contribution >= 0.6 is 0 Å². The van der Waals surface area contributed by atoms with E-state index in [0.717, 1.165) is 12.8 Å². The van der Waals surface area contributed by atoms with Crippen molar-refractivity contribution < 1.29 is 9.53 Å². The first-order valence-electron chi connectivity index (χ1n) is 7.95. The van der Waals surface area contributed by atoms with Crippen LogP contribution in [0.4, 0.5) is 0 Å². The van der Waals surface area contributed by atoms with Gasteiger partial charge in [-0.2, -0.15) is 0 Å². The van der Waals surface area contributed by atoms with Crippen LogP contribution in [-0.2, 0) is 9.53 Å². The summed E-state index contributed by atoms with van der Waals surface area (Å²) < 4.78 is 5.66. The molecule has 1 amide bonds. The zero-order valence-corrected chi connectivity index (χ0v) is 14.2. The van der Waals surface area contributed by atoms with Crippen molar-refractivity contribution in [1.29, 1.82) is 0 Å². The zero-order valence-electron chi connectivity index (χ0n) is 14.2. The highest BCUT2D eigenvalue weighted by Crippen LogP contribution is 2.12. The highest BCUT2D eigenvalue weighted by atomic mass is 16.5. The Morgan fingerprint density at radius 2 is 2.00 bits per heavy atom. The Morgan fingerprint density at radius 1 is 1.35 bits per heavy atom. The molecule has 1 N–H and O–H groups in total. The van der Waals surface area contributed by atoms with Crippen molar-refractivity contribution in [2.75, 3.05) is 13.2 Å². The smallest absolute Gasteiger partial charge is 0.219 e. The van der Waals surface area contributed by atoms with Gasteiger partial charge in [0.05, 0.1) is 6.10 Å². The van der Waals surface area contributed by atoms with Crippen LogP contribution in [0, 0.1) is 0 Å². The third-order valence-corrected chi connectivity index (χ3v) is 2.54. The van der Waals surface area contributed by atoms with Crippen LogP contribution in [0.3, 0.4) is 0 Å². The molecular weight excluding hydrogens is 250 g/mol. The van der Waals surface area contributed by atoms with Crippen molar-refractivity contribution in [3.8, 4) is 0 Å². The SMILES string of the molecule is CC.CC.CCC(=O)NCCCOC1C=CC(C)=CC1. The van der Waals surface area contributed by atoms with E-state index in [1.54, 1.807) is 0 Å². The Hall–Kier alpha value is -1.09. The van der Waals surface area contributed by atoms with E-state index in [-0.39, 0.29) is 12.0 Å². The molecule has 118 valence electrons. The van der Waals surface area contributed by atoms with E-state index in [1.807, 2.05) is 34.6 Å². The van der Waals surface area contributed by atoms with Gasteiger partial charge in [0.1, 0.15) is 0 Å². The van der Waals surface area contributed by atoms with Crippen LogP contribution in [0.1, 0.15) is 60.8 Å². The average molecular weight is 283 g/mol. The van der Waals surface area contributed by atoms with E-state index >= 15 is 0 Å². The van der Waals surface area contributed by atoms with Crippen LogP contribution in [0.15, 0.2) is 23.8 Å². The summed E-state index contributed by atoms with van der Waals surface area (Å²) in [5, 5.41) is 2.83. The topological polar surface area (TPSA) is 38.3 Å². The minimum Gasteiger partial charge on any atom is -0.374 e. The second-order valence-corrected chi connectivity index (χ2v) is 4.01. The van der Waals surface area contributed by atoms with Crippen LogP contribution in [-0.4, -0.2) is 25.2 Å². The lowest BCUT2D eigenvalue weighted by Gasteiger charge is -2.15. The molecule has 0 bridgehead atoms. The number of carbonyl (C=O) groups excluding carboxylic acids is 1. The van der Waals surface area contributed by atoms with E-state index < -0.39 is 0 Å². The van der Waals surface area contributed by atoms with Gasteiger partial charge in [0.15, 0.2) is 0 Å². The summed E-state index contributed by atoms with van der Waals surface area (Å²) in [6.07, 6.45) is 8.97. The first-order valence-corrected chi connectivity index (χ1v) is 7.95. The molecule has 0 aromatic carbocycles. The molecule has 0 spiro atoms. The predicted octanol–water partition coefficient (Wildman–Crippen LogP) is 4.25. The van der Waals surface area contributed by atoms with E-state index in [9.17, 15) is 4.79 Å². The van der Waals surface area contributed by atoms with Gasteiger partial charge in [0.25, 0.3) is 0 Å². The van der Waals surface area contributed by atoms with Gasteiger partial charge < -0.3 is 10.1 Å². The van der Waals surface area contributed by atoms with Crippen molar-refractivity contribution in [2.45, 2.75) is 66.9 Å². The molecule has 20 heavy (non-hydrogen) atoms. The number of rotatable bonds is 6. The third-order valence-electron chi connectivity index (χ3n) is 2.54. The van der Waals surface area contributed by atoms with E-state index in [2.05, 4.69) is 30.5 Å². The fourth-order valence-electron chi connectivity index (χ4n) is 1.49. The summed E-state index contributed by atoms with van der Waals surface area (Å²) in [7, 11) is 0. The molecule has 3 heteroatoms. The van der Waals surface area contributed by atoms with Crippen LogP contribution in [0.25, 0.3) is 0 Å². The van der Waals surface area contributed by atoms with Crippen molar-refractivity contribution in [3.05, 3.63) is 23.8 Å². The number of ether oxygens (including phenoxy) is 1. The zero-order chi connectivity index (χ0) is 15.8. The minimum absolute atomic E-state index is 0.108. The normalized spacial score (nSPS) is 16.1. The van der Waals surface area contributed by atoms with Gasteiger partial charge in [-0.05, 0) is 19.8 Å². The molecule has 0 heterocycles. The molecule has 0 aromatic rings. The number of nitrogens with one attached hydrogen (secondary N) is 1. The Bertz CT molecular complexity index is 283. The summed E-state index contributed by atoms with van der Waals surface area (Å²) in [4.78, 5) is 10.9. The van der Waals surface area contributed by atoms with Crippen molar-refractivity contribution in [3.63, 3.8) is 0 Å². The monoisotopic (exact) mass is 283 g/mol. The maximum absolute atomic E-state index is 10.9. The third kappa shape index (κ3) is 12.0. The van der Waals surface area contributed by atoms with Crippen molar-refractivity contribution in [2.24, 2.45) is 0 Å². The van der Waals surface area contributed by atoms with Gasteiger partial charge in [-0.3, -0.25) is 4.79 Å². The van der Waals surface area contributed by atoms with Crippen molar-refractivity contribution in [1.82, 2.24) is 5.32 Å². The van der Waals surface area contributed by atoms with E-state index in [4.69, 9.17) is 4.74 Å². The molecule has 1 unspecified atom stereocenters. The number of allylic oxidation sites excluding steroid dienone is 2. The maximum atomic E-state index is 10.9. The minimum atomic E-state index is 0.108. The fraction of sp³-hybridized carbons (Fsp3) is 0.706. The first-order chi connectivity index (χ1) is 9.72. The quantitative estimate of drug-likeness (QED) is 0.740. The van der Waals surface area contributed by atoms with Gasteiger partial charge in [-0.15, -0.1) is 0 Å². The van der Waals surface area contributed by atoms with Gasteiger partial charge >= 0.3 is 0 Å². The second-order valence-electron chi connectivity index (χ2n) is 4.01. The Balaban J connectivity index is 0. The number of hydrogen-bond acceptors (Lipinski definition) is 2. The highest BCUT2D eigenvalue weighted by Gasteiger charge is 2.06. The number of carbonyl (C=O) groups is 1. The van der Waals surface area contributed by atoms with E-state index in [0.29, 0.717) is 19.6 Å². The van der Waals surface area contributed by atoms with Gasteiger partial charge in [-0.25, -0.2) is 0 Å². The molecule has 0 saturated heterocycles. The van der Waals surface area contributed by atoms with Crippen LogP contribution in [0.2, 0.25) is 0 Å². The Morgan fingerprint density at radius 3 is 2.50 bits per heavy atom. The molecule has 3 nitrogen and oxygen atoms in total. The van der Waals surface area contributed by atoms with Gasteiger partial charge in [0, 0.05) is 19.6 Å². The summed E-state index contributed by atoms with van der Waals surface area (Å²) in [6, 6.07) is 0. The molecule has 0 radical (unpaired) electrons. The molecule has 1 aliphatic rings. The largest absolute Gasteiger partial charge is 0.374 e. The summed E-state index contributed by atoms with van der Waals surface area (Å²) in [6.45, 7) is 13.4. The standard InChI is InChI=1S/C13H21NO2.2C2H6/c1-3-13(15)14-9-4-10-16-12-7-5-11(2)6-8-12;2*1-2/h5-7,12H,3-4,8-10H2,1-2H3,(H,14,15);2*1-2H3. The van der Waals surface area contributed by atoms with E-state index in [1.165, 1.54) is 5.57 Å². The molecule has 1 rings (SSSR count). The molecule has 1 atom stereocenters. The number of amides is 1. The van der Waals surface area contributed by atoms with Crippen LogP contribution < -0.4 is 5.32 Å².